The summed E-state index contributed by atoms with van der Waals surface area (Å²) in [5.41, 5.74) is 5.03. The monoisotopic (exact) mass is 573 g/mol. The van der Waals surface area contributed by atoms with Gasteiger partial charge in [0.05, 0.1) is 6.10 Å². The zero-order valence-corrected chi connectivity index (χ0v) is 25.2. The number of unbranched alkanes of at least 4 members (excludes halogenated alkanes) is 16. The van der Waals surface area contributed by atoms with Crippen molar-refractivity contribution < 1.29 is 34.8 Å². The number of nitrogens with one attached hydrogen (secondary N) is 3. The molecule has 0 bridgehead atoms. The number of aliphatic hydroxyl groups excluding tert-OH is 4. The van der Waals surface area contributed by atoms with Crippen LogP contribution in [0.4, 0.5) is 0 Å². The van der Waals surface area contributed by atoms with Gasteiger partial charge in [-0.15, -0.1) is 0 Å². The second kappa shape index (κ2) is 26.2. The fourth-order valence-electron chi connectivity index (χ4n) is 4.45. The van der Waals surface area contributed by atoms with E-state index in [0.717, 1.165) is 70.6 Å². The standard InChI is InChI=1S/C30H59N3O7/c1-3-4-5-6-7-9-12-15-18-21-25(35)32-33-26(36)22-19-16-13-10-8-11-14-17-20-23-31-30(40)29(39)28(38)27(37)24(2)34/h24,27-29,34,37-39H,3-23H2,1-2H3,(H,31,40)(H,32,35)(H,33,36)/t24-,27-,28+,29-/m1/s1. The lowest BCUT2D eigenvalue weighted by atomic mass is 10.0. The van der Waals surface area contributed by atoms with Gasteiger partial charge in [-0.05, 0) is 26.2 Å². The maximum absolute atomic E-state index is 11.9. The van der Waals surface area contributed by atoms with Gasteiger partial charge in [0, 0.05) is 19.4 Å². The summed E-state index contributed by atoms with van der Waals surface area (Å²) >= 11 is 0. The largest absolute Gasteiger partial charge is 0.391 e. The third kappa shape index (κ3) is 22.0. The first-order valence-electron chi connectivity index (χ1n) is 15.8. The van der Waals surface area contributed by atoms with Gasteiger partial charge in [0.25, 0.3) is 5.91 Å². The molecular formula is C30H59N3O7. The van der Waals surface area contributed by atoms with Crippen LogP contribution in [0.25, 0.3) is 0 Å². The fourth-order valence-corrected chi connectivity index (χ4v) is 4.45. The van der Waals surface area contributed by atoms with Crippen LogP contribution < -0.4 is 16.2 Å². The van der Waals surface area contributed by atoms with Crippen molar-refractivity contribution >= 4 is 17.7 Å². The highest BCUT2D eigenvalue weighted by Gasteiger charge is 2.32. The molecule has 0 aromatic carbocycles. The maximum atomic E-state index is 11.9. The number of amides is 3. The zero-order chi connectivity index (χ0) is 30.0. The summed E-state index contributed by atoms with van der Waals surface area (Å²) in [6, 6.07) is 0. The molecule has 0 heterocycles. The van der Waals surface area contributed by atoms with Gasteiger partial charge >= 0.3 is 0 Å². The Bertz CT molecular complexity index is 649. The number of carbonyl (C=O) groups excluding carboxylic acids is 3. The molecule has 0 aliphatic heterocycles. The lowest BCUT2D eigenvalue weighted by molar-refractivity contribution is -0.145. The van der Waals surface area contributed by atoms with E-state index < -0.39 is 30.3 Å². The van der Waals surface area contributed by atoms with Crippen molar-refractivity contribution in [1.29, 1.82) is 0 Å². The van der Waals surface area contributed by atoms with Crippen LogP contribution in [0.2, 0.25) is 0 Å². The minimum absolute atomic E-state index is 0.123. The van der Waals surface area contributed by atoms with Gasteiger partial charge in [0.1, 0.15) is 12.2 Å². The van der Waals surface area contributed by atoms with Crippen LogP contribution in [0.5, 0.6) is 0 Å². The summed E-state index contributed by atoms with van der Waals surface area (Å²) in [6.07, 6.45) is 14.2. The van der Waals surface area contributed by atoms with Crippen LogP contribution in [0, 0.1) is 0 Å². The first kappa shape index (κ1) is 38.2. The smallest absolute Gasteiger partial charge is 0.251 e. The van der Waals surface area contributed by atoms with Crippen LogP contribution in [0.3, 0.4) is 0 Å². The summed E-state index contributed by atoms with van der Waals surface area (Å²) in [7, 11) is 0. The molecular weight excluding hydrogens is 514 g/mol. The lowest BCUT2D eigenvalue weighted by Gasteiger charge is -2.24. The fraction of sp³-hybridized carbons (Fsp3) is 0.900. The molecule has 236 valence electrons. The number of rotatable bonds is 26. The molecule has 0 radical (unpaired) electrons. The quantitative estimate of drug-likeness (QED) is 0.0613. The van der Waals surface area contributed by atoms with E-state index in [1.807, 2.05) is 0 Å². The zero-order valence-electron chi connectivity index (χ0n) is 25.2. The average Bonchev–Trinajstić information content (AvgIpc) is 2.94. The Hall–Kier alpha value is -1.75. The van der Waals surface area contributed by atoms with Gasteiger partial charge in [0.15, 0.2) is 6.10 Å². The van der Waals surface area contributed by atoms with E-state index in [0.29, 0.717) is 19.4 Å². The van der Waals surface area contributed by atoms with Crippen molar-refractivity contribution in [3.8, 4) is 0 Å². The molecule has 10 nitrogen and oxygen atoms in total. The van der Waals surface area contributed by atoms with Gasteiger partial charge < -0.3 is 25.7 Å². The SMILES string of the molecule is CCCCCCCCCCCC(=O)NNC(=O)CCCCCCCCCCCNC(=O)[C@H](O)[C@@H](O)[C@H](O)[C@@H](C)O. The van der Waals surface area contributed by atoms with E-state index in [2.05, 4.69) is 23.1 Å². The highest BCUT2D eigenvalue weighted by Crippen LogP contribution is 2.12. The Morgan fingerprint density at radius 2 is 0.925 bits per heavy atom. The number of carbonyl (C=O) groups is 3. The molecule has 0 aromatic heterocycles. The molecule has 0 saturated heterocycles. The third-order valence-corrected chi connectivity index (χ3v) is 7.16. The summed E-state index contributed by atoms with van der Waals surface area (Å²) in [5.74, 6) is -1.03. The number of aliphatic hydroxyl groups is 4. The van der Waals surface area contributed by atoms with Crippen molar-refractivity contribution in [1.82, 2.24) is 16.2 Å². The average molecular weight is 574 g/mol. The van der Waals surface area contributed by atoms with Crippen molar-refractivity contribution in [2.75, 3.05) is 6.54 Å². The Morgan fingerprint density at radius 1 is 0.550 bits per heavy atom. The molecule has 10 heteroatoms. The van der Waals surface area contributed by atoms with E-state index in [9.17, 15) is 34.8 Å². The number of hydrazine groups is 1. The minimum Gasteiger partial charge on any atom is -0.391 e. The predicted molar refractivity (Wildman–Crippen MR) is 157 cm³/mol. The molecule has 0 aliphatic rings. The Balaban J connectivity index is 3.50. The van der Waals surface area contributed by atoms with Crippen LogP contribution in [-0.4, -0.2) is 69.1 Å². The third-order valence-electron chi connectivity index (χ3n) is 7.16. The first-order chi connectivity index (χ1) is 19.2. The lowest BCUT2D eigenvalue weighted by Crippen LogP contribution is -2.50. The molecule has 0 rings (SSSR count). The normalized spacial score (nSPS) is 14.2. The highest BCUT2D eigenvalue weighted by atomic mass is 16.4. The maximum Gasteiger partial charge on any atom is 0.251 e. The molecule has 7 N–H and O–H groups in total. The van der Waals surface area contributed by atoms with E-state index in [1.54, 1.807) is 0 Å². The molecule has 4 atom stereocenters. The van der Waals surface area contributed by atoms with E-state index in [4.69, 9.17) is 0 Å². The Kier molecular flexibility index (Phi) is 25.0. The number of hydrogen-bond acceptors (Lipinski definition) is 7. The summed E-state index contributed by atoms with van der Waals surface area (Å²) in [6.45, 7) is 3.86. The molecule has 0 fully saturated rings. The van der Waals surface area contributed by atoms with E-state index in [1.165, 1.54) is 51.9 Å². The minimum atomic E-state index is -1.79. The first-order valence-corrected chi connectivity index (χ1v) is 15.8. The van der Waals surface area contributed by atoms with Crippen molar-refractivity contribution in [3.63, 3.8) is 0 Å². The topological polar surface area (TPSA) is 168 Å². The van der Waals surface area contributed by atoms with E-state index in [-0.39, 0.29) is 11.8 Å². The molecule has 0 spiro atoms. The van der Waals surface area contributed by atoms with Gasteiger partial charge in [-0.3, -0.25) is 25.2 Å². The molecule has 0 saturated carbocycles. The highest BCUT2D eigenvalue weighted by molar-refractivity contribution is 5.82. The summed E-state index contributed by atoms with van der Waals surface area (Å²) in [4.78, 5) is 35.6. The van der Waals surface area contributed by atoms with Crippen molar-refractivity contribution in [3.05, 3.63) is 0 Å². The molecule has 0 aliphatic carbocycles. The van der Waals surface area contributed by atoms with Crippen LogP contribution in [0.15, 0.2) is 0 Å². The van der Waals surface area contributed by atoms with Crippen LogP contribution in [0.1, 0.15) is 142 Å². The van der Waals surface area contributed by atoms with Crippen molar-refractivity contribution in [2.24, 2.45) is 0 Å². The van der Waals surface area contributed by atoms with Gasteiger partial charge in [-0.1, -0.05) is 103 Å². The van der Waals surface area contributed by atoms with Gasteiger partial charge in [-0.2, -0.15) is 0 Å². The van der Waals surface area contributed by atoms with Gasteiger partial charge in [-0.25, -0.2) is 0 Å². The predicted octanol–water partition coefficient (Wildman–Crippen LogP) is 3.54. The summed E-state index contributed by atoms with van der Waals surface area (Å²) in [5, 5.41) is 40.7. The molecule has 3 amide bonds. The molecule has 0 aromatic rings. The number of hydrogen-bond donors (Lipinski definition) is 7. The molecule has 0 unspecified atom stereocenters. The Morgan fingerprint density at radius 3 is 1.32 bits per heavy atom. The van der Waals surface area contributed by atoms with Gasteiger partial charge in [0.2, 0.25) is 11.8 Å². The van der Waals surface area contributed by atoms with Crippen LogP contribution in [-0.2, 0) is 14.4 Å². The summed E-state index contributed by atoms with van der Waals surface area (Å²) < 4.78 is 0. The van der Waals surface area contributed by atoms with Crippen molar-refractivity contribution in [2.45, 2.75) is 167 Å². The second-order valence-electron chi connectivity index (χ2n) is 11.1. The second-order valence-corrected chi connectivity index (χ2v) is 11.1. The molecule has 40 heavy (non-hydrogen) atoms. The van der Waals surface area contributed by atoms with E-state index >= 15 is 0 Å². The van der Waals surface area contributed by atoms with Crippen LogP contribution >= 0.6 is 0 Å². The Labute approximate surface area is 242 Å².